The van der Waals surface area contributed by atoms with E-state index >= 15 is 4.39 Å². The first-order valence-corrected chi connectivity index (χ1v) is 13.4. The van der Waals surface area contributed by atoms with Crippen LogP contribution in [-0.2, 0) is 25.9 Å². The van der Waals surface area contributed by atoms with Gasteiger partial charge in [-0.15, -0.1) is 0 Å². The van der Waals surface area contributed by atoms with Crippen LogP contribution in [0.4, 0.5) is 10.2 Å². The number of aromatic nitrogens is 4. The van der Waals surface area contributed by atoms with Crippen LogP contribution in [0.2, 0.25) is 0 Å². The van der Waals surface area contributed by atoms with Crippen molar-refractivity contribution in [2.45, 2.75) is 53.1 Å². The fourth-order valence-corrected chi connectivity index (χ4v) is 5.72. The normalized spacial score (nSPS) is 16.8. The summed E-state index contributed by atoms with van der Waals surface area (Å²) in [6, 6.07) is 9.30. The average molecular weight is 515 g/mol. The lowest BCUT2D eigenvalue weighted by Gasteiger charge is -2.34. The molecule has 0 saturated heterocycles. The highest BCUT2D eigenvalue weighted by Crippen LogP contribution is 2.39. The molecule has 0 bridgehead atoms. The van der Waals surface area contributed by atoms with Crippen LogP contribution in [0, 0.1) is 18.2 Å². The molecule has 4 aromatic rings. The van der Waals surface area contributed by atoms with Gasteiger partial charge in [-0.25, -0.2) is 19.3 Å². The first kappa shape index (κ1) is 24.8. The molecular weight excluding hydrogens is 479 g/mol. The second-order valence-electron chi connectivity index (χ2n) is 11.7. The number of halogens is 1. The third-order valence-electron chi connectivity index (χ3n) is 7.61. The zero-order chi connectivity index (χ0) is 26.6. The molecule has 0 fully saturated rings. The van der Waals surface area contributed by atoms with Gasteiger partial charge in [-0.2, -0.15) is 0 Å². The van der Waals surface area contributed by atoms with Crippen molar-refractivity contribution in [1.82, 2.24) is 24.8 Å². The Morgan fingerprint density at radius 3 is 2.79 bits per heavy atom. The summed E-state index contributed by atoms with van der Waals surface area (Å²) in [5.74, 6) is 3.21. The van der Waals surface area contributed by atoms with E-state index in [4.69, 9.17) is 14.7 Å². The molecule has 198 valence electrons. The van der Waals surface area contributed by atoms with Crippen LogP contribution in [-0.4, -0.2) is 52.1 Å². The van der Waals surface area contributed by atoms with Gasteiger partial charge < -0.3 is 19.5 Å². The Kier molecular flexibility index (Phi) is 6.10. The van der Waals surface area contributed by atoms with Crippen LogP contribution >= 0.6 is 0 Å². The number of imidazole rings is 1. The molecule has 1 aliphatic carbocycles. The van der Waals surface area contributed by atoms with E-state index in [1.165, 1.54) is 17.3 Å². The van der Waals surface area contributed by atoms with Crippen LogP contribution in [0.25, 0.3) is 22.2 Å². The molecule has 38 heavy (non-hydrogen) atoms. The molecule has 1 aliphatic heterocycles. The number of aryl methyl sites for hydroxylation is 2. The predicted octanol–water partition coefficient (Wildman–Crippen LogP) is 5.44. The Bertz CT molecular complexity index is 1530. The topological polar surface area (TPSA) is 70.2 Å². The molecule has 3 heterocycles. The number of nitrogens with one attached hydrogen (secondary N) is 1. The van der Waals surface area contributed by atoms with Crippen molar-refractivity contribution >= 4 is 16.9 Å². The Balaban J connectivity index is 1.40. The van der Waals surface area contributed by atoms with Crippen LogP contribution < -0.4 is 9.64 Å². The highest BCUT2D eigenvalue weighted by atomic mass is 19.1. The number of ether oxygens (including phenoxy) is 1. The number of fused-ring (bicyclic) bond motifs is 3. The quantitative estimate of drug-likeness (QED) is 0.391. The van der Waals surface area contributed by atoms with E-state index in [2.05, 4.69) is 39.7 Å². The van der Waals surface area contributed by atoms with Crippen LogP contribution in [0.3, 0.4) is 0 Å². The summed E-state index contributed by atoms with van der Waals surface area (Å²) in [5.41, 5.74) is 6.49. The molecule has 0 saturated carbocycles. The maximum absolute atomic E-state index is 15.2. The molecular formula is C30H35FN6O. The summed E-state index contributed by atoms with van der Waals surface area (Å²) < 4.78 is 21.3. The number of rotatable bonds is 4. The summed E-state index contributed by atoms with van der Waals surface area (Å²) in [6.45, 7) is 9.15. The summed E-state index contributed by atoms with van der Waals surface area (Å²) in [6.07, 6.45) is 3.05. The molecule has 0 spiro atoms. The standard InChI is InChI=1S/C30H35FN6O/c1-18-32-25-13-21(23(31)14-26(25)33-18)19-6-7-27-20(12-19)16-37(10-11-38-27)29-22-15-30(2,3)9-8-24(22)34-28(35-29)17-36(4)5/h6-7,12-14H,8-11,15-17H2,1-5H3,(H,32,33). The zero-order valence-electron chi connectivity index (χ0n) is 22.9. The van der Waals surface area contributed by atoms with Crippen molar-refractivity contribution < 1.29 is 9.13 Å². The van der Waals surface area contributed by atoms with Crippen LogP contribution in [0.15, 0.2) is 30.3 Å². The minimum atomic E-state index is -0.270. The second kappa shape index (κ2) is 9.34. The smallest absolute Gasteiger partial charge is 0.144 e. The average Bonchev–Trinajstić information content (AvgIpc) is 3.07. The molecule has 0 amide bonds. The van der Waals surface area contributed by atoms with E-state index in [1.54, 1.807) is 0 Å². The van der Waals surface area contributed by atoms with Crippen LogP contribution in [0.5, 0.6) is 5.75 Å². The van der Waals surface area contributed by atoms with Crippen molar-refractivity contribution in [3.63, 3.8) is 0 Å². The van der Waals surface area contributed by atoms with Crippen LogP contribution in [0.1, 0.15) is 48.7 Å². The van der Waals surface area contributed by atoms with Gasteiger partial charge >= 0.3 is 0 Å². The van der Waals surface area contributed by atoms with E-state index < -0.39 is 0 Å². The minimum absolute atomic E-state index is 0.211. The maximum Gasteiger partial charge on any atom is 0.144 e. The molecule has 2 aromatic carbocycles. The zero-order valence-corrected chi connectivity index (χ0v) is 22.9. The van der Waals surface area contributed by atoms with E-state index in [1.807, 2.05) is 39.2 Å². The molecule has 7 nitrogen and oxygen atoms in total. The summed E-state index contributed by atoms with van der Waals surface area (Å²) in [4.78, 5) is 22.1. The number of aromatic amines is 1. The van der Waals surface area contributed by atoms with Gasteiger partial charge in [0.2, 0.25) is 0 Å². The molecule has 0 atom stereocenters. The first-order chi connectivity index (χ1) is 18.1. The number of nitrogens with zero attached hydrogens (tertiary/aromatic N) is 5. The number of hydrogen-bond donors (Lipinski definition) is 1. The molecule has 6 rings (SSSR count). The van der Waals surface area contributed by atoms with Crippen molar-refractivity contribution in [2.24, 2.45) is 5.41 Å². The van der Waals surface area contributed by atoms with Gasteiger partial charge in [0.15, 0.2) is 0 Å². The first-order valence-electron chi connectivity index (χ1n) is 13.4. The van der Waals surface area contributed by atoms with E-state index in [9.17, 15) is 0 Å². The fourth-order valence-electron chi connectivity index (χ4n) is 5.72. The van der Waals surface area contributed by atoms with Gasteiger partial charge in [-0.3, -0.25) is 0 Å². The summed E-state index contributed by atoms with van der Waals surface area (Å²) in [7, 11) is 4.09. The Hall–Kier alpha value is -3.52. The van der Waals surface area contributed by atoms with Crippen molar-refractivity contribution in [3.05, 3.63) is 64.6 Å². The van der Waals surface area contributed by atoms with Crippen molar-refractivity contribution in [1.29, 1.82) is 0 Å². The highest BCUT2D eigenvalue weighted by molar-refractivity contribution is 5.82. The number of hydrogen-bond acceptors (Lipinski definition) is 6. The SMILES string of the molecule is Cc1nc2cc(-c3ccc4c(c3)CN(c3nc(CN(C)C)nc5c3CC(C)(C)CC5)CCO4)c(F)cc2[nH]1. The van der Waals surface area contributed by atoms with Gasteiger partial charge in [0.25, 0.3) is 0 Å². The van der Waals surface area contributed by atoms with Gasteiger partial charge in [0.1, 0.15) is 35.6 Å². The Morgan fingerprint density at radius 2 is 1.97 bits per heavy atom. The summed E-state index contributed by atoms with van der Waals surface area (Å²) in [5, 5.41) is 0. The van der Waals surface area contributed by atoms with Gasteiger partial charge in [-0.05, 0) is 69.5 Å². The van der Waals surface area contributed by atoms with Crippen molar-refractivity contribution in [2.75, 3.05) is 32.1 Å². The molecule has 2 aromatic heterocycles. The fraction of sp³-hybridized carbons (Fsp3) is 0.433. The summed E-state index contributed by atoms with van der Waals surface area (Å²) >= 11 is 0. The molecule has 0 unspecified atom stereocenters. The monoisotopic (exact) mass is 514 g/mol. The van der Waals surface area contributed by atoms with E-state index in [0.29, 0.717) is 30.8 Å². The molecule has 8 heteroatoms. The van der Waals surface area contributed by atoms with Gasteiger partial charge in [0, 0.05) is 35.0 Å². The number of benzene rings is 2. The second-order valence-corrected chi connectivity index (χ2v) is 11.7. The predicted molar refractivity (Wildman–Crippen MR) is 148 cm³/mol. The third-order valence-corrected chi connectivity index (χ3v) is 7.61. The lowest BCUT2D eigenvalue weighted by atomic mass is 9.76. The van der Waals surface area contributed by atoms with E-state index in [0.717, 1.165) is 65.7 Å². The molecule has 2 aliphatic rings. The van der Waals surface area contributed by atoms with Crippen molar-refractivity contribution in [3.8, 4) is 16.9 Å². The Labute approximate surface area is 223 Å². The molecule has 0 radical (unpaired) electrons. The number of H-pyrrole nitrogens is 1. The number of anilines is 1. The largest absolute Gasteiger partial charge is 0.491 e. The van der Waals surface area contributed by atoms with Gasteiger partial charge in [-0.1, -0.05) is 19.9 Å². The highest BCUT2D eigenvalue weighted by Gasteiger charge is 2.31. The third kappa shape index (κ3) is 4.73. The molecule has 1 N–H and O–H groups in total. The Morgan fingerprint density at radius 1 is 1.13 bits per heavy atom. The van der Waals surface area contributed by atoms with E-state index in [-0.39, 0.29) is 11.2 Å². The maximum atomic E-state index is 15.2. The minimum Gasteiger partial charge on any atom is -0.491 e. The lowest BCUT2D eigenvalue weighted by molar-refractivity contribution is 0.308. The lowest BCUT2D eigenvalue weighted by Crippen LogP contribution is -2.32. The van der Waals surface area contributed by atoms with Gasteiger partial charge in [0.05, 0.1) is 24.1 Å².